The quantitative estimate of drug-likeness (QED) is 0.141. The van der Waals surface area contributed by atoms with E-state index in [4.69, 9.17) is 5.21 Å². The molecule has 0 aliphatic rings. The van der Waals surface area contributed by atoms with E-state index in [1.807, 2.05) is 24.3 Å². The molecule has 0 aliphatic carbocycles. The van der Waals surface area contributed by atoms with Gasteiger partial charge in [0.15, 0.2) is 0 Å². The lowest BCUT2D eigenvalue weighted by atomic mass is 10.1. The van der Waals surface area contributed by atoms with Gasteiger partial charge in [-0.05, 0) is 79.7 Å². The molecule has 0 saturated heterocycles. The maximum atomic E-state index is 12.3. The Kier molecular flexibility index (Phi) is 9.80. The number of halogens is 1. The van der Waals surface area contributed by atoms with Gasteiger partial charge in [-0.2, -0.15) is 0 Å². The average Bonchev–Trinajstić information content (AvgIpc) is 2.90. The SMILES string of the molecule is C[C@@H](O)[C@H](NC(=O)c1ccc(C#Cc2ccc(NC(=O)CNc3ccc(Br)cc3)cc2)cc1)C(=O)NO. The molecule has 3 amide bonds. The molecule has 190 valence electrons. The Morgan fingerprint density at radius 1 is 0.865 bits per heavy atom. The third kappa shape index (κ3) is 8.47. The number of carbonyl (C=O) groups is 3. The van der Waals surface area contributed by atoms with Crippen LogP contribution in [0.2, 0.25) is 0 Å². The van der Waals surface area contributed by atoms with Crippen molar-refractivity contribution in [2.24, 2.45) is 0 Å². The molecule has 0 bridgehead atoms. The first kappa shape index (κ1) is 27.4. The Morgan fingerprint density at radius 2 is 1.41 bits per heavy atom. The molecule has 6 N–H and O–H groups in total. The summed E-state index contributed by atoms with van der Waals surface area (Å²) in [5.41, 5.74) is 4.56. The highest BCUT2D eigenvalue weighted by molar-refractivity contribution is 9.10. The van der Waals surface area contributed by atoms with Crippen LogP contribution in [0, 0.1) is 11.8 Å². The molecule has 0 aromatic heterocycles. The second-order valence-electron chi connectivity index (χ2n) is 7.98. The Balaban J connectivity index is 1.53. The van der Waals surface area contributed by atoms with E-state index in [2.05, 4.69) is 43.7 Å². The van der Waals surface area contributed by atoms with Gasteiger partial charge in [0.25, 0.3) is 11.8 Å². The molecule has 0 spiro atoms. The Hall–Kier alpha value is -4.17. The lowest BCUT2D eigenvalue weighted by molar-refractivity contribution is -0.133. The smallest absolute Gasteiger partial charge is 0.268 e. The van der Waals surface area contributed by atoms with Gasteiger partial charge in [-0.25, -0.2) is 5.48 Å². The van der Waals surface area contributed by atoms with Crippen molar-refractivity contribution in [2.75, 3.05) is 17.2 Å². The first-order chi connectivity index (χ1) is 17.7. The molecule has 2 atom stereocenters. The van der Waals surface area contributed by atoms with Crippen LogP contribution in [-0.2, 0) is 9.59 Å². The van der Waals surface area contributed by atoms with Crippen LogP contribution in [-0.4, -0.2) is 46.7 Å². The molecule has 0 saturated carbocycles. The van der Waals surface area contributed by atoms with Crippen molar-refractivity contribution >= 4 is 45.0 Å². The predicted molar refractivity (Wildman–Crippen MR) is 143 cm³/mol. The molecule has 10 heteroatoms. The van der Waals surface area contributed by atoms with Crippen LogP contribution in [0.5, 0.6) is 0 Å². The first-order valence-electron chi connectivity index (χ1n) is 11.2. The summed E-state index contributed by atoms with van der Waals surface area (Å²) in [6, 6.07) is 19.7. The van der Waals surface area contributed by atoms with Crippen LogP contribution < -0.4 is 21.4 Å². The van der Waals surface area contributed by atoms with Gasteiger partial charge >= 0.3 is 0 Å². The molecular formula is C27H25BrN4O5. The van der Waals surface area contributed by atoms with Crippen LogP contribution in [0.25, 0.3) is 0 Å². The van der Waals surface area contributed by atoms with Gasteiger partial charge in [0, 0.05) is 32.5 Å². The van der Waals surface area contributed by atoms with Gasteiger partial charge in [-0.3, -0.25) is 19.6 Å². The number of carbonyl (C=O) groups excluding carboxylic acids is 3. The van der Waals surface area contributed by atoms with Crippen LogP contribution in [0.3, 0.4) is 0 Å². The molecule has 0 radical (unpaired) electrons. The summed E-state index contributed by atoms with van der Waals surface area (Å²) in [5, 5.41) is 26.6. The maximum Gasteiger partial charge on any atom is 0.268 e. The van der Waals surface area contributed by atoms with E-state index in [1.165, 1.54) is 24.5 Å². The third-order valence-electron chi connectivity index (χ3n) is 5.13. The van der Waals surface area contributed by atoms with Crippen molar-refractivity contribution < 1.29 is 24.7 Å². The van der Waals surface area contributed by atoms with Gasteiger partial charge in [0.05, 0.1) is 12.6 Å². The van der Waals surface area contributed by atoms with Crippen molar-refractivity contribution in [3.05, 3.63) is 94.0 Å². The second-order valence-corrected chi connectivity index (χ2v) is 8.90. The van der Waals surface area contributed by atoms with Crippen molar-refractivity contribution in [3.8, 4) is 11.8 Å². The van der Waals surface area contributed by atoms with Crippen LogP contribution in [0.15, 0.2) is 77.3 Å². The number of hydroxylamine groups is 1. The number of hydrogen-bond acceptors (Lipinski definition) is 6. The summed E-state index contributed by atoms with van der Waals surface area (Å²) in [7, 11) is 0. The number of aliphatic hydroxyl groups excluding tert-OH is 1. The number of aliphatic hydroxyl groups is 1. The van der Waals surface area contributed by atoms with Crippen LogP contribution in [0.4, 0.5) is 11.4 Å². The number of amides is 3. The van der Waals surface area contributed by atoms with Crippen molar-refractivity contribution in [1.82, 2.24) is 10.8 Å². The highest BCUT2D eigenvalue weighted by atomic mass is 79.9. The van der Waals surface area contributed by atoms with E-state index >= 15 is 0 Å². The lowest BCUT2D eigenvalue weighted by Crippen LogP contribution is -2.51. The summed E-state index contributed by atoms with van der Waals surface area (Å²) in [6.45, 7) is 1.45. The molecule has 9 nitrogen and oxygen atoms in total. The summed E-state index contributed by atoms with van der Waals surface area (Å²) >= 11 is 3.37. The highest BCUT2D eigenvalue weighted by Gasteiger charge is 2.25. The van der Waals surface area contributed by atoms with E-state index in [-0.39, 0.29) is 18.0 Å². The molecule has 0 fully saturated rings. The molecule has 3 aromatic rings. The van der Waals surface area contributed by atoms with Crippen LogP contribution >= 0.6 is 15.9 Å². The Bertz CT molecular complexity index is 1300. The summed E-state index contributed by atoms with van der Waals surface area (Å²) in [5.74, 6) is 4.33. The summed E-state index contributed by atoms with van der Waals surface area (Å²) in [4.78, 5) is 36.1. The Morgan fingerprint density at radius 3 is 1.95 bits per heavy atom. The fourth-order valence-electron chi connectivity index (χ4n) is 3.14. The van der Waals surface area contributed by atoms with Gasteiger partial charge in [-0.15, -0.1) is 0 Å². The molecule has 37 heavy (non-hydrogen) atoms. The van der Waals surface area contributed by atoms with Gasteiger partial charge in [-0.1, -0.05) is 27.8 Å². The zero-order valence-corrected chi connectivity index (χ0v) is 21.4. The van der Waals surface area contributed by atoms with E-state index in [9.17, 15) is 19.5 Å². The topological polar surface area (TPSA) is 140 Å². The second kappa shape index (κ2) is 13.2. The normalized spacial score (nSPS) is 11.8. The average molecular weight is 565 g/mol. The van der Waals surface area contributed by atoms with E-state index in [1.54, 1.807) is 36.4 Å². The number of rotatable bonds is 8. The third-order valence-corrected chi connectivity index (χ3v) is 5.65. The summed E-state index contributed by atoms with van der Waals surface area (Å²) < 4.78 is 0.962. The monoisotopic (exact) mass is 564 g/mol. The van der Waals surface area contributed by atoms with Crippen LogP contribution in [0.1, 0.15) is 28.4 Å². The standard InChI is InChI=1S/C27H25BrN4O5/c1-17(33)25(27(36)32-37)31-26(35)20-8-4-18(5-9-20)2-3-19-6-12-23(13-7-19)30-24(34)16-29-22-14-10-21(28)11-15-22/h4-15,17,25,29,33,37H,16H2,1H3,(H,30,34)(H,31,35)(H,32,36)/t17-,25+/m1/s1. The fraction of sp³-hybridized carbons (Fsp3) is 0.148. The Labute approximate surface area is 222 Å². The lowest BCUT2D eigenvalue weighted by Gasteiger charge is -2.19. The van der Waals surface area contributed by atoms with Crippen molar-refractivity contribution in [1.29, 1.82) is 0 Å². The number of anilines is 2. The molecule has 3 aromatic carbocycles. The maximum absolute atomic E-state index is 12.3. The van der Waals surface area contributed by atoms with E-state index in [0.717, 1.165) is 15.7 Å². The predicted octanol–water partition coefficient (Wildman–Crippen LogP) is 2.88. The molecular weight excluding hydrogens is 540 g/mol. The van der Waals surface area contributed by atoms with E-state index < -0.39 is 24.0 Å². The summed E-state index contributed by atoms with van der Waals surface area (Å²) in [6.07, 6.45) is -1.20. The zero-order chi connectivity index (χ0) is 26.8. The van der Waals surface area contributed by atoms with Gasteiger partial charge in [0.2, 0.25) is 5.91 Å². The number of benzene rings is 3. The minimum atomic E-state index is -1.30. The molecule has 0 heterocycles. The van der Waals surface area contributed by atoms with Crippen molar-refractivity contribution in [2.45, 2.75) is 19.1 Å². The number of nitrogens with one attached hydrogen (secondary N) is 4. The van der Waals surface area contributed by atoms with Gasteiger partial charge < -0.3 is 21.1 Å². The molecule has 0 unspecified atom stereocenters. The highest BCUT2D eigenvalue weighted by Crippen LogP contribution is 2.14. The number of hydrogen-bond donors (Lipinski definition) is 6. The zero-order valence-electron chi connectivity index (χ0n) is 19.8. The van der Waals surface area contributed by atoms with Gasteiger partial charge in [0.1, 0.15) is 6.04 Å². The molecule has 0 aliphatic heterocycles. The van der Waals surface area contributed by atoms with Crippen molar-refractivity contribution in [3.63, 3.8) is 0 Å². The van der Waals surface area contributed by atoms with E-state index in [0.29, 0.717) is 11.3 Å². The fourth-order valence-corrected chi connectivity index (χ4v) is 3.41. The molecule has 3 rings (SSSR count). The first-order valence-corrected chi connectivity index (χ1v) is 12.0. The minimum absolute atomic E-state index is 0.130. The minimum Gasteiger partial charge on any atom is -0.391 e. The largest absolute Gasteiger partial charge is 0.391 e.